The molecule has 102 valence electrons. The second-order valence-electron chi connectivity index (χ2n) is 5.76. The molecule has 0 amide bonds. The lowest BCUT2D eigenvalue weighted by atomic mass is 10.0. The van der Waals surface area contributed by atoms with Crippen molar-refractivity contribution in [1.82, 2.24) is 15.2 Å². The van der Waals surface area contributed by atoms with Gasteiger partial charge in [-0.15, -0.1) is 0 Å². The molecule has 3 heteroatoms. The van der Waals surface area contributed by atoms with Gasteiger partial charge in [0.1, 0.15) is 0 Å². The Morgan fingerprint density at radius 3 is 2.58 bits per heavy atom. The van der Waals surface area contributed by atoms with Crippen LogP contribution in [0.5, 0.6) is 0 Å². The van der Waals surface area contributed by atoms with Crippen molar-refractivity contribution in [3.8, 4) is 0 Å². The first-order valence-electron chi connectivity index (χ1n) is 7.16. The Kier molecular flexibility index (Phi) is 3.33. The number of aromatic amines is 1. The topological polar surface area (TPSA) is 31.1 Å². The summed E-state index contributed by atoms with van der Waals surface area (Å²) in [6.45, 7) is 12.2. The number of H-pyrrole nitrogens is 1. The van der Waals surface area contributed by atoms with Crippen LogP contribution in [-0.2, 0) is 6.54 Å². The molecule has 1 aromatic carbocycles. The van der Waals surface area contributed by atoms with Crippen molar-refractivity contribution < 1.29 is 0 Å². The second kappa shape index (κ2) is 4.99. The summed E-state index contributed by atoms with van der Waals surface area (Å²) < 4.78 is 0. The van der Waals surface area contributed by atoms with Crippen LogP contribution in [0.4, 0.5) is 0 Å². The van der Waals surface area contributed by atoms with E-state index in [0.717, 1.165) is 32.7 Å². The van der Waals surface area contributed by atoms with E-state index in [1.54, 1.807) is 0 Å². The number of nitrogens with zero attached hydrogens (tertiary/aromatic N) is 1. The zero-order valence-corrected chi connectivity index (χ0v) is 12.1. The first-order valence-corrected chi connectivity index (χ1v) is 7.16. The van der Waals surface area contributed by atoms with Crippen molar-refractivity contribution in [3.05, 3.63) is 34.5 Å². The van der Waals surface area contributed by atoms with Crippen LogP contribution in [0, 0.1) is 20.8 Å². The molecule has 2 N–H and O–H groups in total. The molecule has 0 aliphatic carbocycles. The van der Waals surface area contributed by atoms with E-state index in [2.05, 4.69) is 48.1 Å². The normalized spacial score (nSPS) is 17.2. The lowest BCUT2D eigenvalue weighted by Gasteiger charge is -2.27. The van der Waals surface area contributed by atoms with Gasteiger partial charge >= 0.3 is 0 Å². The zero-order valence-electron chi connectivity index (χ0n) is 12.1. The maximum atomic E-state index is 3.57. The maximum absolute atomic E-state index is 3.57. The van der Waals surface area contributed by atoms with Gasteiger partial charge < -0.3 is 10.3 Å². The van der Waals surface area contributed by atoms with E-state index in [1.165, 1.54) is 33.3 Å². The first-order chi connectivity index (χ1) is 9.15. The molecule has 2 heterocycles. The van der Waals surface area contributed by atoms with Crippen molar-refractivity contribution >= 4 is 10.9 Å². The predicted octanol–water partition coefficient (Wildman–Crippen LogP) is 2.50. The van der Waals surface area contributed by atoms with Crippen molar-refractivity contribution in [1.29, 1.82) is 0 Å². The molecular weight excluding hydrogens is 234 g/mol. The van der Waals surface area contributed by atoms with Crippen LogP contribution in [0.25, 0.3) is 10.9 Å². The number of hydrogen-bond acceptors (Lipinski definition) is 2. The van der Waals surface area contributed by atoms with Gasteiger partial charge in [0.2, 0.25) is 0 Å². The maximum Gasteiger partial charge on any atom is 0.0489 e. The number of benzene rings is 1. The minimum absolute atomic E-state index is 1.07. The molecule has 2 aromatic rings. The number of rotatable bonds is 2. The third kappa shape index (κ3) is 2.40. The van der Waals surface area contributed by atoms with E-state index in [0.29, 0.717) is 0 Å². The van der Waals surface area contributed by atoms with Crippen molar-refractivity contribution in [2.24, 2.45) is 0 Å². The van der Waals surface area contributed by atoms with Gasteiger partial charge in [0.15, 0.2) is 0 Å². The molecular formula is C16H23N3. The third-order valence-electron chi connectivity index (χ3n) is 4.16. The predicted molar refractivity (Wildman–Crippen MR) is 80.7 cm³/mol. The minimum atomic E-state index is 1.07. The largest absolute Gasteiger partial charge is 0.358 e. The lowest BCUT2D eigenvalue weighted by Crippen LogP contribution is -2.42. The van der Waals surface area contributed by atoms with Crippen molar-refractivity contribution in [2.45, 2.75) is 27.3 Å². The Bertz CT molecular complexity index is 592. The van der Waals surface area contributed by atoms with E-state index in [4.69, 9.17) is 0 Å². The molecule has 1 saturated heterocycles. The van der Waals surface area contributed by atoms with Gasteiger partial charge in [-0.25, -0.2) is 0 Å². The standard InChI is InChI=1S/C16H23N3/c1-11-8-12(2)16-14(9-11)15(13(3)18-16)10-19-6-4-17-5-7-19/h8-9,17-18H,4-7,10H2,1-3H3. The van der Waals surface area contributed by atoms with Crippen molar-refractivity contribution in [2.75, 3.05) is 26.2 Å². The molecule has 0 unspecified atom stereocenters. The van der Waals surface area contributed by atoms with E-state index in [1.807, 2.05) is 0 Å². The number of fused-ring (bicyclic) bond motifs is 1. The zero-order chi connectivity index (χ0) is 13.4. The fraction of sp³-hybridized carbons (Fsp3) is 0.500. The van der Waals surface area contributed by atoms with E-state index in [9.17, 15) is 0 Å². The fourth-order valence-corrected chi connectivity index (χ4v) is 3.13. The summed E-state index contributed by atoms with van der Waals surface area (Å²) in [4.78, 5) is 6.12. The van der Waals surface area contributed by atoms with Gasteiger partial charge in [-0.3, -0.25) is 4.90 Å². The molecule has 0 bridgehead atoms. The molecule has 3 nitrogen and oxygen atoms in total. The molecule has 0 spiro atoms. The van der Waals surface area contributed by atoms with Gasteiger partial charge in [-0.2, -0.15) is 0 Å². The summed E-state index contributed by atoms with van der Waals surface area (Å²) in [6, 6.07) is 4.58. The molecule has 1 aromatic heterocycles. The van der Waals surface area contributed by atoms with E-state index >= 15 is 0 Å². The van der Waals surface area contributed by atoms with Crippen LogP contribution in [0.2, 0.25) is 0 Å². The quantitative estimate of drug-likeness (QED) is 0.866. The van der Waals surface area contributed by atoms with Crippen molar-refractivity contribution in [3.63, 3.8) is 0 Å². The number of aryl methyl sites for hydroxylation is 3. The number of nitrogens with one attached hydrogen (secondary N) is 2. The van der Waals surface area contributed by atoms with Gasteiger partial charge in [0, 0.05) is 49.3 Å². The molecule has 1 aliphatic heterocycles. The summed E-state index contributed by atoms with van der Waals surface area (Å²) in [6.07, 6.45) is 0. The third-order valence-corrected chi connectivity index (χ3v) is 4.16. The first kappa shape index (κ1) is 12.7. The molecule has 0 radical (unpaired) electrons. The Morgan fingerprint density at radius 1 is 1.11 bits per heavy atom. The number of aromatic nitrogens is 1. The smallest absolute Gasteiger partial charge is 0.0489 e. The van der Waals surface area contributed by atoms with Gasteiger partial charge in [0.25, 0.3) is 0 Å². The number of hydrogen-bond donors (Lipinski definition) is 2. The average molecular weight is 257 g/mol. The van der Waals surface area contributed by atoms with Crippen LogP contribution in [0.15, 0.2) is 12.1 Å². The lowest BCUT2D eigenvalue weighted by molar-refractivity contribution is 0.233. The second-order valence-corrected chi connectivity index (χ2v) is 5.76. The molecule has 0 atom stereocenters. The summed E-state index contributed by atoms with van der Waals surface area (Å²) in [5.41, 5.74) is 6.81. The van der Waals surface area contributed by atoms with E-state index < -0.39 is 0 Å². The highest BCUT2D eigenvalue weighted by Gasteiger charge is 2.15. The minimum Gasteiger partial charge on any atom is -0.358 e. The Balaban J connectivity index is 1.99. The Hall–Kier alpha value is -1.32. The van der Waals surface area contributed by atoms with Crippen LogP contribution in [0.3, 0.4) is 0 Å². The summed E-state index contributed by atoms with van der Waals surface area (Å²) in [7, 11) is 0. The molecule has 19 heavy (non-hydrogen) atoms. The highest BCUT2D eigenvalue weighted by molar-refractivity contribution is 5.87. The SMILES string of the molecule is Cc1cc(C)c2[nH]c(C)c(CN3CCNCC3)c2c1. The Labute approximate surface area is 115 Å². The van der Waals surface area contributed by atoms with Crippen LogP contribution >= 0.6 is 0 Å². The molecule has 0 saturated carbocycles. The average Bonchev–Trinajstić information content (AvgIpc) is 2.69. The molecule has 3 rings (SSSR count). The summed E-state index contributed by atoms with van der Waals surface area (Å²) >= 11 is 0. The van der Waals surface area contributed by atoms with Crippen LogP contribution < -0.4 is 5.32 Å². The summed E-state index contributed by atoms with van der Waals surface area (Å²) in [5.74, 6) is 0. The number of piperazine rings is 1. The highest BCUT2D eigenvalue weighted by Crippen LogP contribution is 2.27. The fourth-order valence-electron chi connectivity index (χ4n) is 3.13. The van der Waals surface area contributed by atoms with Gasteiger partial charge in [-0.05, 0) is 38.0 Å². The highest BCUT2D eigenvalue weighted by atomic mass is 15.2. The molecule has 1 fully saturated rings. The van der Waals surface area contributed by atoms with E-state index in [-0.39, 0.29) is 0 Å². The summed E-state index contributed by atoms with van der Waals surface area (Å²) in [5, 5.41) is 4.83. The van der Waals surface area contributed by atoms with Crippen LogP contribution in [0.1, 0.15) is 22.4 Å². The van der Waals surface area contributed by atoms with Crippen LogP contribution in [-0.4, -0.2) is 36.1 Å². The Morgan fingerprint density at radius 2 is 1.84 bits per heavy atom. The van der Waals surface area contributed by atoms with Gasteiger partial charge in [-0.1, -0.05) is 11.6 Å². The molecule has 1 aliphatic rings. The van der Waals surface area contributed by atoms with Gasteiger partial charge in [0.05, 0.1) is 0 Å². The monoisotopic (exact) mass is 257 g/mol.